The van der Waals surface area contributed by atoms with E-state index in [4.69, 9.17) is 5.11 Å². The lowest BCUT2D eigenvalue weighted by Gasteiger charge is -2.12. The predicted molar refractivity (Wildman–Crippen MR) is 46.4 cm³/mol. The molecular formula is C9H20O2. The second-order valence-electron chi connectivity index (χ2n) is 3.16. The highest BCUT2D eigenvalue weighted by atomic mass is 16.3. The van der Waals surface area contributed by atoms with Crippen molar-refractivity contribution in [2.24, 2.45) is 0 Å². The summed E-state index contributed by atoms with van der Waals surface area (Å²) in [5.74, 6) is 0. The van der Waals surface area contributed by atoms with Crippen LogP contribution >= 0.6 is 0 Å². The number of hydrogen-bond acceptors (Lipinski definition) is 2. The molecule has 0 aromatic heterocycles. The van der Waals surface area contributed by atoms with Crippen molar-refractivity contribution in [2.45, 2.75) is 58.2 Å². The van der Waals surface area contributed by atoms with Crippen molar-refractivity contribution in [3.05, 3.63) is 0 Å². The Hall–Kier alpha value is -0.0800. The van der Waals surface area contributed by atoms with Crippen LogP contribution in [0.5, 0.6) is 0 Å². The molecule has 0 spiro atoms. The summed E-state index contributed by atoms with van der Waals surface area (Å²) in [5.41, 5.74) is 0. The predicted octanol–water partition coefficient (Wildman–Crippen LogP) is 1.70. The van der Waals surface area contributed by atoms with E-state index in [2.05, 4.69) is 6.92 Å². The van der Waals surface area contributed by atoms with E-state index in [0.717, 1.165) is 12.8 Å². The topological polar surface area (TPSA) is 40.5 Å². The molecule has 0 radical (unpaired) electrons. The lowest BCUT2D eigenvalue weighted by atomic mass is 10.1. The van der Waals surface area contributed by atoms with Crippen molar-refractivity contribution >= 4 is 0 Å². The van der Waals surface area contributed by atoms with Crippen LogP contribution in [0.2, 0.25) is 0 Å². The SMILES string of the molecule is CCCCCC[C@H](O)[C@@H](C)O. The summed E-state index contributed by atoms with van der Waals surface area (Å²) in [6.07, 6.45) is 4.28. The average molecular weight is 160 g/mol. The molecule has 11 heavy (non-hydrogen) atoms. The largest absolute Gasteiger partial charge is 0.391 e. The van der Waals surface area contributed by atoms with Crippen molar-refractivity contribution in [1.29, 1.82) is 0 Å². The summed E-state index contributed by atoms with van der Waals surface area (Å²) < 4.78 is 0. The molecule has 0 aromatic rings. The van der Waals surface area contributed by atoms with Gasteiger partial charge in [-0.1, -0.05) is 32.6 Å². The number of aliphatic hydroxyl groups excluding tert-OH is 2. The van der Waals surface area contributed by atoms with Crippen LogP contribution in [-0.4, -0.2) is 22.4 Å². The molecule has 68 valence electrons. The van der Waals surface area contributed by atoms with Gasteiger partial charge in [-0.05, 0) is 13.3 Å². The molecule has 0 aliphatic carbocycles. The van der Waals surface area contributed by atoms with Gasteiger partial charge in [0.05, 0.1) is 12.2 Å². The van der Waals surface area contributed by atoms with Crippen LogP contribution in [0.15, 0.2) is 0 Å². The van der Waals surface area contributed by atoms with Crippen LogP contribution in [0.4, 0.5) is 0 Å². The fourth-order valence-corrected chi connectivity index (χ4v) is 1.02. The van der Waals surface area contributed by atoms with E-state index in [9.17, 15) is 5.11 Å². The van der Waals surface area contributed by atoms with E-state index >= 15 is 0 Å². The Bertz CT molecular complexity index is 81.6. The molecule has 2 atom stereocenters. The second kappa shape index (κ2) is 6.62. The lowest BCUT2D eigenvalue weighted by Crippen LogP contribution is -2.21. The summed E-state index contributed by atoms with van der Waals surface area (Å²) in [7, 11) is 0. The first-order chi connectivity index (χ1) is 5.18. The van der Waals surface area contributed by atoms with Gasteiger partial charge in [0, 0.05) is 0 Å². The van der Waals surface area contributed by atoms with E-state index in [1.165, 1.54) is 19.3 Å². The molecule has 2 nitrogen and oxygen atoms in total. The van der Waals surface area contributed by atoms with Gasteiger partial charge in [0.1, 0.15) is 0 Å². The molecule has 0 aliphatic rings. The second-order valence-corrected chi connectivity index (χ2v) is 3.16. The van der Waals surface area contributed by atoms with Crippen LogP contribution in [-0.2, 0) is 0 Å². The number of unbranched alkanes of at least 4 members (excludes halogenated alkanes) is 3. The normalized spacial score (nSPS) is 16.4. The minimum absolute atomic E-state index is 0.521. The van der Waals surface area contributed by atoms with Gasteiger partial charge in [-0.2, -0.15) is 0 Å². The van der Waals surface area contributed by atoms with Gasteiger partial charge in [0.2, 0.25) is 0 Å². The highest BCUT2D eigenvalue weighted by Gasteiger charge is 2.08. The van der Waals surface area contributed by atoms with Crippen LogP contribution < -0.4 is 0 Å². The molecule has 0 fully saturated rings. The first-order valence-corrected chi connectivity index (χ1v) is 4.54. The van der Waals surface area contributed by atoms with Gasteiger partial charge >= 0.3 is 0 Å². The number of rotatable bonds is 6. The summed E-state index contributed by atoms with van der Waals surface area (Å²) >= 11 is 0. The third-order valence-corrected chi connectivity index (χ3v) is 1.91. The molecule has 0 aliphatic heterocycles. The molecule has 0 aromatic carbocycles. The van der Waals surface area contributed by atoms with E-state index in [1.54, 1.807) is 6.92 Å². The van der Waals surface area contributed by atoms with E-state index in [1.807, 2.05) is 0 Å². The summed E-state index contributed by atoms with van der Waals surface area (Å²) in [6, 6.07) is 0. The Labute approximate surface area is 69.2 Å². The van der Waals surface area contributed by atoms with Crippen molar-refractivity contribution in [3.8, 4) is 0 Å². The number of aliphatic hydroxyl groups is 2. The summed E-state index contributed by atoms with van der Waals surface area (Å²) in [4.78, 5) is 0. The molecule has 0 unspecified atom stereocenters. The zero-order chi connectivity index (χ0) is 8.69. The van der Waals surface area contributed by atoms with Gasteiger partial charge < -0.3 is 10.2 Å². The Kier molecular flexibility index (Phi) is 6.57. The third kappa shape index (κ3) is 6.32. The molecule has 0 heterocycles. The van der Waals surface area contributed by atoms with Crippen molar-refractivity contribution in [1.82, 2.24) is 0 Å². The first kappa shape index (κ1) is 10.9. The van der Waals surface area contributed by atoms with Crippen LogP contribution in [0.3, 0.4) is 0 Å². The standard InChI is InChI=1S/C9H20O2/c1-3-4-5-6-7-9(11)8(2)10/h8-11H,3-7H2,1-2H3/t8-,9+/m1/s1. The van der Waals surface area contributed by atoms with E-state index in [-0.39, 0.29) is 0 Å². The quantitative estimate of drug-likeness (QED) is 0.581. The van der Waals surface area contributed by atoms with Gasteiger partial charge in [0.15, 0.2) is 0 Å². The van der Waals surface area contributed by atoms with Gasteiger partial charge in [0.25, 0.3) is 0 Å². The molecule has 0 rings (SSSR count). The molecular weight excluding hydrogens is 140 g/mol. The fourth-order valence-electron chi connectivity index (χ4n) is 1.02. The van der Waals surface area contributed by atoms with Crippen LogP contribution in [0, 0.1) is 0 Å². The van der Waals surface area contributed by atoms with E-state index in [0.29, 0.717) is 0 Å². The van der Waals surface area contributed by atoms with Crippen LogP contribution in [0.25, 0.3) is 0 Å². The Morgan fingerprint density at radius 2 is 1.73 bits per heavy atom. The third-order valence-electron chi connectivity index (χ3n) is 1.91. The smallest absolute Gasteiger partial charge is 0.0796 e. The Morgan fingerprint density at radius 3 is 2.18 bits per heavy atom. The highest BCUT2D eigenvalue weighted by molar-refractivity contribution is 4.61. The summed E-state index contributed by atoms with van der Waals surface area (Å²) in [5, 5.41) is 18.1. The maximum absolute atomic E-state index is 9.18. The maximum Gasteiger partial charge on any atom is 0.0796 e. The highest BCUT2D eigenvalue weighted by Crippen LogP contribution is 2.07. The van der Waals surface area contributed by atoms with Crippen LogP contribution in [0.1, 0.15) is 46.0 Å². The molecule has 0 bridgehead atoms. The van der Waals surface area contributed by atoms with Gasteiger partial charge in [-0.3, -0.25) is 0 Å². The monoisotopic (exact) mass is 160 g/mol. The van der Waals surface area contributed by atoms with Gasteiger partial charge in [-0.25, -0.2) is 0 Å². The Morgan fingerprint density at radius 1 is 1.09 bits per heavy atom. The van der Waals surface area contributed by atoms with E-state index < -0.39 is 12.2 Å². The van der Waals surface area contributed by atoms with Crippen molar-refractivity contribution in [2.75, 3.05) is 0 Å². The molecule has 0 amide bonds. The minimum atomic E-state index is -0.573. The molecule has 2 heteroatoms. The Balaban J connectivity index is 3.10. The lowest BCUT2D eigenvalue weighted by molar-refractivity contribution is 0.0247. The van der Waals surface area contributed by atoms with Crippen molar-refractivity contribution in [3.63, 3.8) is 0 Å². The van der Waals surface area contributed by atoms with Crippen molar-refractivity contribution < 1.29 is 10.2 Å². The molecule has 2 N–H and O–H groups in total. The van der Waals surface area contributed by atoms with Gasteiger partial charge in [-0.15, -0.1) is 0 Å². The maximum atomic E-state index is 9.18. The first-order valence-electron chi connectivity index (χ1n) is 4.54. The minimum Gasteiger partial charge on any atom is -0.391 e. The zero-order valence-corrected chi connectivity index (χ0v) is 7.58. The fraction of sp³-hybridized carbons (Fsp3) is 1.00. The number of hydrogen-bond donors (Lipinski definition) is 2. The molecule has 0 saturated heterocycles. The average Bonchev–Trinajstić information content (AvgIpc) is 1.97. The summed E-state index contributed by atoms with van der Waals surface area (Å²) in [6.45, 7) is 3.79. The zero-order valence-electron chi connectivity index (χ0n) is 7.58. The molecule has 0 saturated carbocycles.